The average molecular weight is 412 g/mol. The highest BCUT2D eigenvalue weighted by Gasteiger charge is 2.40. The van der Waals surface area contributed by atoms with E-state index < -0.39 is 16.7 Å². The van der Waals surface area contributed by atoms with Crippen molar-refractivity contribution in [1.82, 2.24) is 0 Å². The number of amides is 2. The maximum atomic E-state index is 13.2. The number of nitro benzene ring substituents is 1. The third-order valence-electron chi connectivity index (χ3n) is 4.17. The first-order valence-corrected chi connectivity index (χ1v) is 9.98. The summed E-state index contributed by atoms with van der Waals surface area (Å²) >= 11 is 1.31. The van der Waals surface area contributed by atoms with Crippen molar-refractivity contribution < 1.29 is 19.2 Å². The molecule has 2 amide bonds. The Labute approximate surface area is 172 Å². The molecule has 0 spiro atoms. The van der Waals surface area contributed by atoms with Crippen LogP contribution in [0.5, 0.6) is 5.75 Å². The first-order valence-electron chi connectivity index (χ1n) is 9.10. The maximum Gasteiger partial charge on any atom is 0.272 e. The maximum absolute atomic E-state index is 13.2. The van der Waals surface area contributed by atoms with Crippen molar-refractivity contribution in [1.29, 1.82) is 0 Å². The minimum absolute atomic E-state index is 0.0763. The summed E-state index contributed by atoms with van der Waals surface area (Å²) in [7, 11) is 0. The van der Waals surface area contributed by atoms with E-state index in [4.69, 9.17) is 4.74 Å². The molecule has 0 atom stereocenters. The molecule has 0 unspecified atom stereocenters. The van der Waals surface area contributed by atoms with Crippen molar-refractivity contribution in [2.75, 3.05) is 11.5 Å². The lowest BCUT2D eigenvalue weighted by Gasteiger charge is -2.16. The van der Waals surface area contributed by atoms with E-state index in [1.165, 1.54) is 36.0 Å². The second-order valence-electron chi connectivity index (χ2n) is 6.55. The first kappa shape index (κ1) is 20.6. The smallest absolute Gasteiger partial charge is 0.272 e. The number of imide groups is 1. The van der Waals surface area contributed by atoms with E-state index in [9.17, 15) is 19.7 Å². The summed E-state index contributed by atoms with van der Waals surface area (Å²) in [4.78, 5) is 38.2. The molecule has 0 radical (unpaired) electrons. The quantitative estimate of drug-likeness (QED) is 0.380. The van der Waals surface area contributed by atoms with Crippen LogP contribution in [0.2, 0.25) is 0 Å². The van der Waals surface area contributed by atoms with Crippen molar-refractivity contribution in [3.05, 3.63) is 69.1 Å². The van der Waals surface area contributed by atoms with Crippen LogP contribution in [0, 0.1) is 10.1 Å². The second-order valence-corrected chi connectivity index (χ2v) is 8.13. The van der Waals surface area contributed by atoms with Gasteiger partial charge in [0.05, 0.1) is 27.7 Å². The van der Waals surface area contributed by atoms with Crippen molar-refractivity contribution in [3.8, 4) is 5.75 Å². The van der Waals surface area contributed by atoms with Gasteiger partial charge in [-0.2, -0.15) is 0 Å². The summed E-state index contributed by atoms with van der Waals surface area (Å²) in [5.41, 5.74) is 1.11. The molecule has 8 heteroatoms. The standard InChI is InChI=1S/C21H20N2O5S/c1-4-28-17-11-9-15(10-12-17)22-20(24)18(19(21(22)25)29-13(2)3)14-5-7-16(8-6-14)23(26)27/h5-13H,4H2,1-3H3. The minimum atomic E-state index is -0.504. The summed E-state index contributed by atoms with van der Waals surface area (Å²) < 4.78 is 5.41. The number of anilines is 1. The van der Waals surface area contributed by atoms with Crippen LogP contribution in [0.1, 0.15) is 26.3 Å². The third kappa shape index (κ3) is 4.17. The Kier molecular flexibility index (Phi) is 6.03. The lowest BCUT2D eigenvalue weighted by molar-refractivity contribution is -0.384. The molecular weight excluding hydrogens is 392 g/mol. The van der Waals surface area contributed by atoms with Gasteiger partial charge in [-0.25, -0.2) is 4.90 Å². The molecule has 0 fully saturated rings. The van der Waals surface area contributed by atoms with Gasteiger partial charge in [-0.15, -0.1) is 11.8 Å². The number of non-ortho nitro benzene ring substituents is 1. The number of nitrogens with zero attached hydrogens (tertiary/aromatic N) is 2. The molecule has 29 heavy (non-hydrogen) atoms. The fraction of sp³-hybridized carbons (Fsp3) is 0.238. The minimum Gasteiger partial charge on any atom is -0.494 e. The zero-order valence-electron chi connectivity index (χ0n) is 16.2. The van der Waals surface area contributed by atoms with Crippen molar-refractivity contribution in [2.24, 2.45) is 0 Å². The molecule has 0 saturated carbocycles. The fourth-order valence-electron chi connectivity index (χ4n) is 2.95. The molecule has 2 aromatic rings. The van der Waals surface area contributed by atoms with Crippen LogP contribution >= 0.6 is 11.8 Å². The number of hydrogen-bond acceptors (Lipinski definition) is 6. The Morgan fingerprint density at radius 1 is 1.03 bits per heavy atom. The lowest BCUT2D eigenvalue weighted by Crippen LogP contribution is -2.31. The monoisotopic (exact) mass is 412 g/mol. The number of rotatable bonds is 7. The summed E-state index contributed by atoms with van der Waals surface area (Å²) in [5, 5.41) is 11.0. The topological polar surface area (TPSA) is 89.8 Å². The van der Waals surface area contributed by atoms with Gasteiger partial charge in [0.25, 0.3) is 17.5 Å². The average Bonchev–Trinajstić information content (AvgIpc) is 2.92. The van der Waals surface area contributed by atoms with Crippen LogP contribution in [-0.2, 0) is 9.59 Å². The SMILES string of the molecule is CCOc1ccc(N2C(=O)C(SC(C)C)=C(c3ccc([N+](=O)[O-])cc3)C2=O)cc1. The number of ether oxygens (including phenoxy) is 1. The zero-order chi connectivity index (χ0) is 21.1. The summed E-state index contributed by atoms with van der Waals surface area (Å²) in [5.74, 6) is -0.196. The van der Waals surface area contributed by atoms with Crippen LogP contribution < -0.4 is 9.64 Å². The molecule has 1 aliphatic rings. The zero-order valence-corrected chi connectivity index (χ0v) is 17.1. The van der Waals surface area contributed by atoms with Crippen LogP contribution in [0.4, 0.5) is 11.4 Å². The van der Waals surface area contributed by atoms with Crippen molar-refractivity contribution >= 4 is 40.5 Å². The summed E-state index contributed by atoms with van der Waals surface area (Å²) in [6, 6.07) is 12.4. The Balaban J connectivity index is 2.02. The summed E-state index contributed by atoms with van der Waals surface area (Å²) in [6.45, 7) is 6.25. The van der Waals surface area contributed by atoms with E-state index in [1.54, 1.807) is 24.3 Å². The predicted molar refractivity (Wildman–Crippen MR) is 113 cm³/mol. The number of carbonyl (C=O) groups excluding carboxylic acids is 2. The molecule has 1 heterocycles. The number of hydrogen-bond donors (Lipinski definition) is 0. The van der Waals surface area contributed by atoms with E-state index in [2.05, 4.69) is 0 Å². The number of benzene rings is 2. The lowest BCUT2D eigenvalue weighted by atomic mass is 10.1. The fourth-order valence-corrected chi connectivity index (χ4v) is 3.94. The first-order chi connectivity index (χ1) is 13.8. The Morgan fingerprint density at radius 2 is 1.66 bits per heavy atom. The molecule has 7 nitrogen and oxygen atoms in total. The van der Waals surface area contributed by atoms with Gasteiger partial charge in [-0.1, -0.05) is 13.8 Å². The van der Waals surface area contributed by atoms with Crippen molar-refractivity contribution in [2.45, 2.75) is 26.0 Å². The third-order valence-corrected chi connectivity index (χ3v) is 5.25. The Morgan fingerprint density at radius 3 is 2.17 bits per heavy atom. The van der Waals surface area contributed by atoms with E-state index in [0.717, 1.165) is 4.90 Å². The van der Waals surface area contributed by atoms with E-state index in [-0.39, 0.29) is 16.5 Å². The molecule has 0 N–H and O–H groups in total. The molecule has 0 bridgehead atoms. The Bertz CT molecular complexity index is 981. The Hall–Kier alpha value is -3.13. The molecule has 0 aliphatic carbocycles. The van der Waals surface area contributed by atoms with Gasteiger partial charge in [0.2, 0.25) is 0 Å². The van der Waals surface area contributed by atoms with E-state index in [0.29, 0.717) is 28.5 Å². The highest BCUT2D eigenvalue weighted by Crippen LogP contribution is 2.40. The van der Waals surface area contributed by atoms with Crippen molar-refractivity contribution in [3.63, 3.8) is 0 Å². The van der Waals surface area contributed by atoms with Gasteiger partial charge in [-0.05, 0) is 48.9 Å². The normalized spacial score (nSPS) is 14.1. The molecular formula is C21H20N2O5S. The van der Waals surface area contributed by atoms with Gasteiger partial charge < -0.3 is 4.74 Å². The number of carbonyl (C=O) groups is 2. The van der Waals surface area contributed by atoms with Gasteiger partial charge in [0.15, 0.2) is 0 Å². The second kappa shape index (κ2) is 8.48. The highest BCUT2D eigenvalue weighted by atomic mass is 32.2. The van der Waals surface area contributed by atoms with Gasteiger partial charge >= 0.3 is 0 Å². The largest absolute Gasteiger partial charge is 0.494 e. The van der Waals surface area contributed by atoms with Crippen LogP contribution in [0.15, 0.2) is 53.4 Å². The van der Waals surface area contributed by atoms with Crippen LogP contribution in [-0.4, -0.2) is 28.6 Å². The predicted octanol–water partition coefficient (Wildman–Crippen LogP) is 4.42. The van der Waals surface area contributed by atoms with Crippen LogP contribution in [0.3, 0.4) is 0 Å². The van der Waals surface area contributed by atoms with Gasteiger partial charge in [0, 0.05) is 17.4 Å². The molecule has 3 rings (SSSR count). The van der Waals surface area contributed by atoms with E-state index >= 15 is 0 Å². The van der Waals surface area contributed by atoms with Gasteiger partial charge in [-0.3, -0.25) is 19.7 Å². The van der Waals surface area contributed by atoms with Crippen LogP contribution in [0.25, 0.3) is 5.57 Å². The molecule has 0 saturated heterocycles. The molecule has 150 valence electrons. The highest BCUT2D eigenvalue weighted by molar-refractivity contribution is 8.04. The molecule has 2 aromatic carbocycles. The summed E-state index contributed by atoms with van der Waals surface area (Å²) in [6.07, 6.45) is 0. The molecule has 1 aliphatic heterocycles. The number of nitro groups is 1. The van der Waals surface area contributed by atoms with E-state index in [1.807, 2.05) is 20.8 Å². The number of thioether (sulfide) groups is 1. The molecule has 0 aromatic heterocycles. The van der Waals surface area contributed by atoms with Gasteiger partial charge in [0.1, 0.15) is 5.75 Å².